The number of carboxylic acids is 1. The molecule has 0 saturated carbocycles. The first-order valence-corrected chi connectivity index (χ1v) is 5.74. The van der Waals surface area contributed by atoms with Crippen molar-refractivity contribution in [3.05, 3.63) is 17.5 Å². The Morgan fingerprint density at radius 3 is 3.06 bits per heavy atom. The molecule has 1 aliphatic heterocycles. The van der Waals surface area contributed by atoms with Crippen LogP contribution >= 0.6 is 0 Å². The molecule has 0 aromatic carbocycles. The molecule has 1 atom stereocenters. The number of nitrogens with one attached hydrogen (secondary N) is 1. The summed E-state index contributed by atoms with van der Waals surface area (Å²) in [7, 11) is 1.57. The zero-order chi connectivity index (χ0) is 13.1. The van der Waals surface area contributed by atoms with E-state index in [1.807, 2.05) is 0 Å². The van der Waals surface area contributed by atoms with E-state index in [1.54, 1.807) is 7.05 Å². The van der Waals surface area contributed by atoms with E-state index < -0.39 is 11.9 Å². The molecular formula is C11H15N3O4. The van der Waals surface area contributed by atoms with E-state index in [9.17, 15) is 9.59 Å². The normalized spacial score (nSPS) is 18.8. The third-order valence-corrected chi connectivity index (χ3v) is 2.79. The maximum atomic E-state index is 11.8. The Morgan fingerprint density at radius 2 is 2.44 bits per heavy atom. The molecule has 2 heterocycles. The summed E-state index contributed by atoms with van der Waals surface area (Å²) in [6.07, 6.45) is 3.23. The van der Waals surface area contributed by atoms with Gasteiger partial charge in [-0.2, -0.15) is 5.10 Å². The molecule has 98 valence electrons. The van der Waals surface area contributed by atoms with Crippen LogP contribution in [0.3, 0.4) is 0 Å². The highest BCUT2D eigenvalue weighted by Gasteiger charge is 2.22. The standard InChI is InChI=1S/C11H15N3O4/c1-14-6-8(11(16)17)9(13-14)10(15)12-5-7-3-2-4-18-7/h6-7H,2-5H2,1H3,(H,12,15)(H,16,17)/t7-/m0/s1. The number of carbonyl (C=O) groups excluding carboxylic acids is 1. The summed E-state index contributed by atoms with van der Waals surface area (Å²) in [5, 5.41) is 15.5. The fraction of sp³-hybridized carbons (Fsp3) is 0.545. The van der Waals surface area contributed by atoms with Crippen molar-refractivity contribution in [2.75, 3.05) is 13.2 Å². The Hall–Kier alpha value is -1.89. The number of hydrogen-bond donors (Lipinski definition) is 2. The molecule has 1 saturated heterocycles. The second-order valence-electron chi connectivity index (χ2n) is 4.22. The summed E-state index contributed by atoms with van der Waals surface area (Å²) in [5.41, 5.74) is -0.162. The van der Waals surface area contributed by atoms with Crippen molar-refractivity contribution in [1.82, 2.24) is 15.1 Å². The molecule has 0 spiro atoms. The zero-order valence-electron chi connectivity index (χ0n) is 10.0. The molecule has 7 nitrogen and oxygen atoms in total. The lowest BCUT2D eigenvalue weighted by molar-refractivity contribution is 0.0689. The molecule has 0 unspecified atom stereocenters. The average Bonchev–Trinajstić information content (AvgIpc) is 2.94. The molecule has 0 radical (unpaired) electrons. The first-order chi connectivity index (χ1) is 8.58. The Labute approximate surface area is 104 Å². The number of hydrogen-bond acceptors (Lipinski definition) is 4. The highest BCUT2D eigenvalue weighted by Crippen LogP contribution is 2.11. The smallest absolute Gasteiger partial charge is 0.339 e. The van der Waals surface area contributed by atoms with Crippen molar-refractivity contribution in [1.29, 1.82) is 0 Å². The van der Waals surface area contributed by atoms with Crippen LogP contribution in [0, 0.1) is 0 Å². The topological polar surface area (TPSA) is 93.5 Å². The van der Waals surface area contributed by atoms with Crippen LogP contribution in [-0.2, 0) is 11.8 Å². The minimum atomic E-state index is -1.16. The number of amides is 1. The molecule has 1 aliphatic rings. The molecule has 1 amide bonds. The van der Waals surface area contributed by atoms with Gasteiger partial charge in [-0.1, -0.05) is 0 Å². The summed E-state index contributed by atoms with van der Waals surface area (Å²) in [6, 6.07) is 0. The average molecular weight is 253 g/mol. The van der Waals surface area contributed by atoms with Gasteiger partial charge in [0.05, 0.1) is 6.10 Å². The molecular weight excluding hydrogens is 238 g/mol. The fourth-order valence-corrected chi connectivity index (χ4v) is 1.91. The summed E-state index contributed by atoms with van der Waals surface area (Å²) >= 11 is 0. The number of aromatic carboxylic acids is 1. The largest absolute Gasteiger partial charge is 0.478 e. The fourth-order valence-electron chi connectivity index (χ4n) is 1.91. The lowest BCUT2D eigenvalue weighted by atomic mass is 10.2. The van der Waals surface area contributed by atoms with Crippen LogP contribution in [0.2, 0.25) is 0 Å². The van der Waals surface area contributed by atoms with Gasteiger partial charge in [-0.15, -0.1) is 0 Å². The van der Waals surface area contributed by atoms with Gasteiger partial charge in [0.25, 0.3) is 5.91 Å². The highest BCUT2D eigenvalue weighted by atomic mass is 16.5. The summed E-state index contributed by atoms with van der Waals surface area (Å²) in [4.78, 5) is 22.8. The molecule has 0 aliphatic carbocycles. The van der Waals surface area contributed by atoms with Crippen molar-refractivity contribution in [3.63, 3.8) is 0 Å². The Kier molecular flexibility index (Phi) is 3.61. The SMILES string of the molecule is Cn1cc(C(=O)O)c(C(=O)NC[C@@H]2CCCO2)n1. The molecule has 1 fully saturated rings. The van der Waals surface area contributed by atoms with Crippen LogP contribution in [0.25, 0.3) is 0 Å². The van der Waals surface area contributed by atoms with Crippen molar-refractivity contribution < 1.29 is 19.4 Å². The van der Waals surface area contributed by atoms with Gasteiger partial charge in [-0.25, -0.2) is 4.79 Å². The van der Waals surface area contributed by atoms with E-state index >= 15 is 0 Å². The van der Waals surface area contributed by atoms with Gasteiger partial charge >= 0.3 is 5.97 Å². The van der Waals surface area contributed by atoms with E-state index in [0.717, 1.165) is 12.8 Å². The Morgan fingerprint density at radius 1 is 1.67 bits per heavy atom. The van der Waals surface area contributed by atoms with E-state index in [0.29, 0.717) is 13.2 Å². The van der Waals surface area contributed by atoms with Crippen molar-refractivity contribution >= 4 is 11.9 Å². The second-order valence-corrected chi connectivity index (χ2v) is 4.22. The van der Waals surface area contributed by atoms with Crippen LogP contribution in [0.4, 0.5) is 0 Å². The number of carboxylic acid groups (broad SMARTS) is 1. The quantitative estimate of drug-likeness (QED) is 0.789. The van der Waals surface area contributed by atoms with Gasteiger partial charge in [0, 0.05) is 26.4 Å². The van der Waals surface area contributed by atoms with Crippen LogP contribution in [0.15, 0.2) is 6.20 Å². The lowest BCUT2D eigenvalue weighted by Crippen LogP contribution is -2.32. The van der Waals surface area contributed by atoms with Gasteiger partial charge in [0.15, 0.2) is 5.69 Å². The molecule has 0 bridgehead atoms. The van der Waals surface area contributed by atoms with Crippen LogP contribution < -0.4 is 5.32 Å². The zero-order valence-corrected chi connectivity index (χ0v) is 10.0. The number of aryl methyl sites for hydroxylation is 1. The first kappa shape index (κ1) is 12.6. The monoisotopic (exact) mass is 253 g/mol. The lowest BCUT2D eigenvalue weighted by Gasteiger charge is -2.09. The van der Waals surface area contributed by atoms with E-state index in [1.165, 1.54) is 10.9 Å². The van der Waals surface area contributed by atoms with Gasteiger partial charge in [-0.3, -0.25) is 9.48 Å². The van der Waals surface area contributed by atoms with Crippen molar-refractivity contribution in [2.24, 2.45) is 7.05 Å². The molecule has 2 rings (SSSR count). The van der Waals surface area contributed by atoms with Gasteiger partial charge in [0.2, 0.25) is 0 Å². The minimum Gasteiger partial charge on any atom is -0.478 e. The Balaban J connectivity index is 2.01. The number of carbonyl (C=O) groups is 2. The summed E-state index contributed by atoms with van der Waals surface area (Å²) < 4.78 is 6.68. The minimum absolute atomic E-state index is 0.0194. The molecule has 2 N–H and O–H groups in total. The molecule has 18 heavy (non-hydrogen) atoms. The van der Waals surface area contributed by atoms with E-state index in [-0.39, 0.29) is 17.4 Å². The molecule has 1 aromatic rings. The summed E-state index contributed by atoms with van der Waals surface area (Å²) in [6.45, 7) is 1.10. The van der Waals surface area contributed by atoms with Gasteiger partial charge in [0.1, 0.15) is 5.56 Å². The Bertz CT molecular complexity index is 463. The number of rotatable bonds is 4. The molecule has 7 heteroatoms. The van der Waals surface area contributed by atoms with Crippen molar-refractivity contribution in [2.45, 2.75) is 18.9 Å². The van der Waals surface area contributed by atoms with Crippen LogP contribution in [-0.4, -0.2) is 46.0 Å². The first-order valence-electron chi connectivity index (χ1n) is 5.74. The predicted octanol–water partition coefficient (Wildman–Crippen LogP) is 0.0271. The molecule has 1 aromatic heterocycles. The predicted molar refractivity (Wildman–Crippen MR) is 61.5 cm³/mol. The number of ether oxygens (including phenoxy) is 1. The van der Waals surface area contributed by atoms with Crippen LogP contribution in [0.1, 0.15) is 33.7 Å². The second kappa shape index (κ2) is 5.18. The maximum absolute atomic E-state index is 11.8. The van der Waals surface area contributed by atoms with Crippen LogP contribution in [0.5, 0.6) is 0 Å². The third kappa shape index (κ3) is 2.67. The van der Waals surface area contributed by atoms with E-state index in [2.05, 4.69) is 10.4 Å². The van der Waals surface area contributed by atoms with Gasteiger partial charge in [-0.05, 0) is 12.8 Å². The number of nitrogens with zero attached hydrogens (tertiary/aromatic N) is 2. The van der Waals surface area contributed by atoms with Crippen molar-refractivity contribution in [3.8, 4) is 0 Å². The number of aromatic nitrogens is 2. The third-order valence-electron chi connectivity index (χ3n) is 2.79. The highest BCUT2D eigenvalue weighted by molar-refractivity contribution is 6.03. The van der Waals surface area contributed by atoms with E-state index in [4.69, 9.17) is 9.84 Å². The summed E-state index contributed by atoms with van der Waals surface area (Å²) in [5.74, 6) is -1.64. The van der Waals surface area contributed by atoms with Gasteiger partial charge < -0.3 is 15.2 Å². The maximum Gasteiger partial charge on any atom is 0.339 e.